The molecule has 0 saturated carbocycles. The lowest BCUT2D eigenvalue weighted by molar-refractivity contribution is -0.192. The fourth-order valence-electron chi connectivity index (χ4n) is 7.39. The normalized spacial score (nSPS) is 15.6. The average Bonchev–Trinajstić information content (AvgIpc) is 4.17. The number of carbonyl (C=O) groups is 4. The van der Waals surface area contributed by atoms with Gasteiger partial charge in [-0.2, -0.15) is 23.1 Å². The molecular weight excluding hydrogens is 1040 g/mol. The Morgan fingerprint density at radius 2 is 1.16 bits per heavy atom. The van der Waals surface area contributed by atoms with Gasteiger partial charge in [0.15, 0.2) is 0 Å². The number of nitrogens with one attached hydrogen (secondary N) is 3. The standard InChI is InChI=1S/C16H22ClNO3.2C12H12FN3O.C11H14ClNO.C2HF3O2/c1-11(19)8-14(18-15(20)21-16(2,3)4)10-12-6-5-7-13(17)9-12;2*13-9-4-1-3-8(7-9)11-15-12(17-16-11)10-5-2-6-14-10;1-8(14)5-11(13)7-9-3-2-4-10(12)6-9;3-2(4,5)1(6)7/h5-7,9,14H,8,10H2,1-4H3,(H,18,20);2*1,3-4,7,10,14H,2,5-6H2;2-4,6,11H,5,7,13H2,1H3;(H,6,7)/t14-;2*10-;11-;/m0000./s1. The number of rotatable bonds is 13. The predicted octanol–water partition coefficient (Wildman–Crippen LogP) is 11.2. The summed E-state index contributed by atoms with van der Waals surface area (Å²) in [5.74, 6) is -1.17. The van der Waals surface area contributed by atoms with E-state index in [1.165, 1.54) is 31.2 Å². The molecule has 0 aliphatic carbocycles. The Morgan fingerprint density at radius 3 is 1.53 bits per heavy atom. The van der Waals surface area contributed by atoms with Crippen molar-refractivity contribution in [2.24, 2.45) is 5.73 Å². The third-order valence-electron chi connectivity index (χ3n) is 10.6. The van der Waals surface area contributed by atoms with Crippen molar-refractivity contribution >= 4 is 46.8 Å². The smallest absolute Gasteiger partial charge is 0.475 e. The number of nitrogens with two attached hydrogens (primary N) is 1. The van der Waals surface area contributed by atoms with Crippen molar-refractivity contribution in [1.82, 2.24) is 36.2 Å². The second kappa shape index (κ2) is 30.2. The molecule has 4 atom stereocenters. The minimum atomic E-state index is -5.08. The molecule has 4 heterocycles. The number of aromatic nitrogens is 4. The summed E-state index contributed by atoms with van der Waals surface area (Å²) in [7, 11) is 0. The van der Waals surface area contributed by atoms with Crippen molar-refractivity contribution in [3.8, 4) is 22.8 Å². The van der Waals surface area contributed by atoms with Gasteiger partial charge in [0.05, 0.1) is 12.1 Å². The lowest BCUT2D eigenvalue weighted by Gasteiger charge is -2.23. The minimum Gasteiger partial charge on any atom is -0.475 e. The van der Waals surface area contributed by atoms with Crippen LogP contribution in [0.4, 0.5) is 26.7 Å². The van der Waals surface area contributed by atoms with Crippen LogP contribution in [0.2, 0.25) is 10.0 Å². The molecule has 2 aromatic heterocycles. The van der Waals surface area contributed by atoms with Crippen molar-refractivity contribution < 1.29 is 60.0 Å². The van der Waals surface area contributed by atoms with Crippen LogP contribution in [0, 0.1) is 11.6 Å². The number of alkyl carbamates (subject to hydrolysis) is 1. The number of hydrogen-bond acceptors (Lipinski definition) is 14. The monoisotopic (exact) mass is 1100 g/mol. The topological polar surface area (TPSA) is 238 Å². The molecule has 0 bridgehead atoms. The van der Waals surface area contributed by atoms with E-state index in [0.29, 0.717) is 63.9 Å². The van der Waals surface area contributed by atoms with E-state index >= 15 is 0 Å². The molecule has 8 rings (SSSR count). The molecule has 4 aromatic carbocycles. The van der Waals surface area contributed by atoms with Crippen molar-refractivity contribution in [3.05, 3.63) is 142 Å². The Balaban J connectivity index is 0.000000212. The molecule has 23 heteroatoms. The molecule has 16 nitrogen and oxygen atoms in total. The zero-order valence-corrected chi connectivity index (χ0v) is 43.9. The van der Waals surface area contributed by atoms with Crippen LogP contribution in [0.5, 0.6) is 0 Å². The Hall–Kier alpha value is -6.65. The minimum absolute atomic E-state index is 0.0121. The van der Waals surface area contributed by atoms with Gasteiger partial charge in [0.2, 0.25) is 23.4 Å². The highest BCUT2D eigenvalue weighted by Crippen LogP contribution is 2.26. The molecule has 76 heavy (non-hydrogen) atoms. The van der Waals surface area contributed by atoms with Gasteiger partial charge in [-0.3, -0.25) is 9.59 Å². The number of benzene rings is 4. The molecule has 2 fully saturated rings. The number of hydrogen-bond donors (Lipinski definition) is 5. The van der Waals surface area contributed by atoms with Crippen molar-refractivity contribution in [1.29, 1.82) is 0 Å². The summed E-state index contributed by atoms with van der Waals surface area (Å²) in [6.07, 6.45) is 0.536. The highest BCUT2D eigenvalue weighted by Gasteiger charge is 2.38. The van der Waals surface area contributed by atoms with E-state index in [4.69, 9.17) is 52.6 Å². The molecule has 0 radical (unpaired) electrons. The Bertz CT molecular complexity index is 2700. The van der Waals surface area contributed by atoms with Crippen LogP contribution in [-0.4, -0.2) is 86.0 Å². The quantitative estimate of drug-likeness (QED) is 0.0676. The number of carbonyl (C=O) groups excluding carboxylic acids is 3. The van der Waals surface area contributed by atoms with E-state index < -0.39 is 23.8 Å². The first-order chi connectivity index (χ1) is 35.8. The maximum Gasteiger partial charge on any atom is 0.490 e. The van der Waals surface area contributed by atoms with Gasteiger partial charge in [0, 0.05) is 46.1 Å². The summed E-state index contributed by atoms with van der Waals surface area (Å²) in [4.78, 5) is 51.5. The molecule has 6 aromatic rings. The molecule has 2 aliphatic heterocycles. The molecular formula is C53H61Cl2F5N8O8. The lowest BCUT2D eigenvalue weighted by Crippen LogP contribution is -2.41. The maximum absolute atomic E-state index is 13.1. The van der Waals surface area contributed by atoms with Crippen LogP contribution in [0.3, 0.4) is 0 Å². The summed E-state index contributed by atoms with van der Waals surface area (Å²) in [5, 5.41) is 25.5. The number of aliphatic carboxylic acids is 1. The van der Waals surface area contributed by atoms with Gasteiger partial charge < -0.3 is 40.6 Å². The lowest BCUT2D eigenvalue weighted by atomic mass is 10.0. The van der Waals surface area contributed by atoms with E-state index in [1.807, 2.05) is 42.5 Å². The molecule has 2 saturated heterocycles. The molecule has 0 unspecified atom stereocenters. The van der Waals surface area contributed by atoms with Gasteiger partial charge >= 0.3 is 18.2 Å². The molecule has 6 N–H and O–H groups in total. The van der Waals surface area contributed by atoms with Crippen LogP contribution in [-0.2, 0) is 32.0 Å². The van der Waals surface area contributed by atoms with Gasteiger partial charge in [-0.05, 0) is 146 Å². The summed E-state index contributed by atoms with van der Waals surface area (Å²) in [5.41, 5.74) is 8.54. The number of ketones is 2. The fourth-order valence-corrected chi connectivity index (χ4v) is 7.81. The number of ether oxygens (including phenoxy) is 1. The Labute approximate surface area is 446 Å². The largest absolute Gasteiger partial charge is 0.490 e. The Kier molecular flexibility index (Phi) is 24.6. The second-order valence-corrected chi connectivity index (χ2v) is 19.5. The SMILES string of the molecule is CC(=O)C[C@@H](Cc1cccc(Cl)c1)NC(=O)OC(C)(C)C.CC(=O)C[C@H](N)Cc1cccc(Cl)c1.Fc1cccc(-c2noc([C@@H]3CCCN3)n2)c1.Fc1cccc(-c2noc([C@@H]3CCCN3)n2)c1.O=C(O)C(F)(F)F. The molecule has 410 valence electrons. The number of carboxylic acids is 1. The van der Waals surface area contributed by atoms with Gasteiger partial charge in [-0.1, -0.05) is 82.0 Å². The predicted molar refractivity (Wildman–Crippen MR) is 275 cm³/mol. The number of nitrogens with zero attached hydrogens (tertiary/aromatic N) is 4. The first-order valence-electron chi connectivity index (χ1n) is 24.0. The van der Waals surface area contributed by atoms with E-state index in [1.54, 1.807) is 58.0 Å². The highest BCUT2D eigenvalue weighted by molar-refractivity contribution is 6.30. The number of halogens is 7. The molecule has 0 spiro atoms. The zero-order valence-electron chi connectivity index (χ0n) is 42.4. The summed E-state index contributed by atoms with van der Waals surface area (Å²) in [6, 6.07) is 27.2. The number of Topliss-reactive ketones (excluding diaryl/α,β-unsaturated/α-hetero) is 2. The molecule has 1 amide bonds. The average molecular weight is 1100 g/mol. The van der Waals surface area contributed by atoms with Crippen LogP contribution < -0.4 is 21.7 Å². The van der Waals surface area contributed by atoms with E-state index in [-0.39, 0.29) is 53.8 Å². The van der Waals surface area contributed by atoms with E-state index in [2.05, 4.69) is 36.2 Å². The van der Waals surface area contributed by atoms with Gasteiger partial charge in [0.25, 0.3) is 0 Å². The Morgan fingerprint density at radius 1 is 0.724 bits per heavy atom. The van der Waals surface area contributed by atoms with Crippen LogP contribution >= 0.6 is 23.2 Å². The van der Waals surface area contributed by atoms with Gasteiger partial charge in [-0.25, -0.2) is 18.4 Å². The summed E-state index contributed by atoms with van der Waals surface area (Å²) in [6.45, 7) is 10.4. The van der Waals surface area contributed by atoms with Crippen molar-refractivity contribution in [2.75, 3.05) is 13.1 Å². The summed E-state index contributed by atoms with van der Waals surface area (Å²) < 4.78 is 73.5. The first kappa shape index (κ1) is 61.9. The summed E-state index contributed by atoms with van der Waals surface area (Å²) >= 11 is 11.8. The maximum atomic E-state index is 13.1. The van der Waals surface area contributed by atoms with E-state index in [0.717, 1.165) is 49.9 Å². The highest BCUT2D eigenvalue weighted by atomic mass is 35.5. The van der Waals surface area contributed by atoms with Crippen LogP contribution in [0.25, 0.3) is 22.8 Å². The van der Waals surface area contributed by atoms with Gasteiger partial charge in [-0.15, -0.1) is 0 Å². The third kappa shape index (κ3) is 23.5. The third-order valence-corrected chi connectivity index (χ3v) is 11.0. The fraction of sp³-hybridized carbons (Fsp3) is 0.396. The number of amides is 1. The molecule has 2 aliphatic rings. The van der Waals surface area contributed by atoms with Crippen LogP contribution in [0.1, 0.15) is 108 Å². The second-order valence-electron chi connectivity index (χ2n) is 18.6. The number of alkyl halides is 3. The van der Waals surface area contributed by atoms with Crippen LogP contribution in [0.15, 0.2) is 106 Å². The first-order valence-corrected chi connectivity index (χ1v) is 24.8. The van der Waals surface area contributed by atoms with Crippen molar-refractivity contribution in [2.45, 2.75) is 122 Å². The van der Waals surface area contributed by atoms with Gasteiger partial charge in [0.1, 0.15) is 28.8 Å². The van der Waals surface area contributed by atoms with E-state index in [9.17, 15) is 36.3 Å². The van der Waals surface area contributed by atoms with Crippen molar-refractivity contribution in [3.63, 3.8) is 0 Å². The number of carboxylic acid groups (broad SMARTS) is 1. The zero-order chi connectivity index (χ0) is 56.0.